The molecule has 0 radical (unpaired) electrons. The Labute approximate surface area is 71.6 Å². The topological polar surface area (TPSA) is 48.1 Å². The van der Waals surface area contributed by atoms with Crippen LogP contribution in [-0.2, 0) is 0 Å². The van der Waals surface area contributed by atoms with Crippen molar-refractivity contribution in [2.45, 2.75) is 25.0 Å². The van der Waals surface area contributed by atoms with Gasteiger partial charge in [0.2, 0.25) is 0 Å². The third kappa shape index (κ3) is 1.56. The fourth-order valence-electron chi connectivity index (χ4n) is 1.31. The van der Waals surface area contributed by atoms with Gasteiger partial charge in [0.05, 0.1) is 0 Å². The maximum Gasteiger partial charge on any atom is 0.122 e. The highest BCUT2D eigenvalue weighted by Gasteiger charge is 2.27. The summed E-state index contributed by atoms with van der Waals surface area (Å²) in [5, 5.41) is 0. The summed E-state index contributed by atoms with van der Waals surface area (Å²) in [6, 6.07) is 4.07. The van der Waals surface area contributed by atoms with E-state index in [1.54, 1.807) is 12.4 Å². The molecule has 0 unspecified atom stereocenters. The lowest BCUT2D eigenvalue weighted by atomic mass is 9.90. The Bertz CT molecular complexity index is 244. The first-order valence-corrected chi connectivity index (χ1v) is 4.17. The van der Waals surface area contributed by atoms with Crippen molar-refractivity contribution in [2.75, 3.05) is 0 Å². The Morgan fingerprint density at radius 3 is 2.58 bits per heavy atom. The second-order valence-electron chi connectivity index (χ2n) is 3.15. The zero-order valence-corrected chi connectivity index (χ0v) is 6.81. The molecule has 12 heavy (non-hydrogen) atoms. The molecule has 0 saturated heterocycles. The molecule has 0 bridgehead atoms. The summed E-state index contributed by atoms with van der Waals surface area (Å²) in [6.07, 6.45) is 5.73. The number of nitrogens with zero attached hydrogens (tertiary/aromatic N) is 1. The Morgan fingerprint density at radius 2 is 2.00 bits per heavy atom. The summed E-state index contributed by atoms with van der Waals surface area (Å²) >= 11 is 0. The van der Waals surface area contributed by atoms with Gasteiger partial charge < -0.3 is 10.5 Å². The van der Waals surface area contributed by atoms with Crippen LogP contribution in [-0.4, -0.2) is 17.1 Å². The summed E-state index contributed by atoms with van der Waals surface area (Å²) in [5.74, 6) is 0.891. The van der Waals surface area contributed by atoms with Gasteiger partial charge in [-0.25, -0.2) is 0 Å². The third-order valence-corrected chi connectivity index (χ3v) is 2.08. The normalized spacial score (nSPS) is 27.8. The van der Waals surface area contributed by atoms with Gasteiger partial charge in [-0.2, -0.15) is 0 Å². The van der Waals surface area contributed by atoms with Gasteiger partial charge >= 0.3 is 0 Å². The smallest absolute Gasteiger partial charge is 0.122 e. The third-order valence-electron chi connectivity index (χ3n) is 2.08. The van der Waals surface area contributed by atoms with Gasteiger partial charge in [-0.05, 0) is 25.0 Å². The van der Waals surface area contributed by atoms with E-state index in [0.717, 1.165) is 18.6 Å². The van der Waals surface area contributed by atoms with Crippen molar-refractivity contribution in [2.24, 2.45) is 5.73 Å². The second-order valence-corrected chi connectivity index (χ2v) is 3.15. The van der Waals surface area contributed by atoms with Crippen LogP contribution in [0, 0.1) is 0 Å². The Kier molecular flexibility index (Phi) is 1.96. The fraction of sp³-hybridized carbons (Fsp3) is 0.444. The maximum absolute atomic E-state index is 5.63. The zero-order valence-electron chi connectivity index (χ0n) is 6.81. The molecular weight excluding hydrogens is 152 g/mol. The second kappa shape index (κ2) is 3.11. The van der Waals surface area contributed by atoms with E-state index >= 15 is 0 Å². The predicted octanol–water partition coefficient (Wildman–Crippen LogP) is 0.950. The van der Waals surface area contributed by atoms with E-state index in [1.807, 2.05) is 12.1 Å². The van der Waals surface area contributed by atoms with Gasteiger partial charge in [-0.3, -0.25) is 4.98 Å². The Balaban J connectivity index is 1.88. The summed E-state index contributed by atoms with van der Waals surface area (Å²) < 4.78 is 5.60. The monoisotopic (exact) mass is 164 g/mol. The molecular formula is C9H12N2O. The average molecular weight is 164 g/mol. The highest BCUT2D eigenvalue weighted by atomic mass is 16.5. The SMILES string of the molecule is NC1CC(Oc2ccncc2)C1. The molecule has 0 spiro atoms. The maximum atomic E-state index is 5.63. The van der Waals surface area contributed by atoms with Crippen LogP contribution >= 0.6 is 0 Å². The molecule has 3 nitrogen and oxygen atoms in total. The molecule has 1 fully saturated rings. The van der Waals surface area contributed by atoms with Crippen molar-refractivity contribution < 1.29 is 4.74 Å². The Morgan fingerprint density at radius 1 is 1.33 bits per heavy atom. The number of nitrogens with two attached hydrogens (primary N) is 1. The van der Waals surface area contributed by atoms with Crippen LogP contribution in [0.3, 0.4) is 0 Å². The van der Waals surface area contributed by atoms with E-state index in [9.17, 15) is 0 Å². The largest absolute Gasteiger partial charge is 0.490 e. The summed E-state index contributed by atoms with van der Waals surface area (Å²) in [4.78, 5) is 3.91. The van der Waals surface area contributed by atoms with Crippen molar-refractivity contribution in [3.05, 3.63) is 24.5 Å². The van der Waals surface area contributed by atoms with E-state index < -0.39 is 0 Å². The number of ether oxygens (including phenoxy) is 1. The highest BCUT2D eigenvalue weighted by molar-refractivity contribution is 5.17. The minimum absolute atomic E-state index is 0.322. The number of aromatic nitrogens is 1. The molecule has 2 N–H and O–H groups in total. The van der Waals surface area contributed by atoms with Crippen LogP contribution < -0.4 is 10.5 Å². The van der Waals surface area contributed by atoms with Crippen molar-refractivity contribution in [3.8, 4) is 5.75 Å². The van der Waals surface area contributed by atoms with Crippen molar-refractivity contribution in [3.63, 3.8) is 0 Å². The molecule has 1 aromatic rings. The van der Waals surface area contributed by atoms with Crippen LogP contribution in [0.25, 0.3) is 0 Å². The van der Waals surface area contributed by atoms with Crippen LogP contribution in [0.4, 0.5) is 0 Å². The van der Waals surface area contributed by atoms with Gasteiger partial charge in [-0.15, -0.1) is 0 Å². The Hall–Kier alpha value is -1.09. The highest BCUT2D eigenvalue weighted by Crippen LogP contribution is 2.23. The van der Waals surface area contributed by atoms with E-state index in [2.05, 4.69) is 4.98 Å². The van der Waals surface area contributed by atoms with Crippen LogP contribution in [0.1, 0.15) is 12.8 Å². The lowest BCUT2D eigenvalue weighted by Gasteiger charge is -2.32. The van der Waals surface area contributed by atoms with Gasteiger partial charge in [0, 0.05) is 18.4 Å². The molecule has 1 saturated carbocycles. The van der Waals surface area contributed by atoms with Crippen molar-refractivity contribution in [1.29, 1.82) is 0 Å². The fourth-order valence-corrected chi connectivity index (χ4v) is 1.31. The summed E-state index contributed by atoms with van der Waals surface area (Å²) in [5.41, 5.74) is 5.63. The number of rotatable bonds is 2. The molecule has 0 aromatic carbocycles. The zero-order chi connectivity index (χ0) is 8.39. The standard InChI is InChI=1S/C9H12N2O/c10-7-5-9(6-7)12-8-1-3-11-4-2-8/h1-4,7,9H,5-6,10H2. The predicted molar refractivity (Wildman–Crippen MR) is 45.9 cm³/mol. The first-order valence-electron chi connectivity index (χ1n) is 4.17. The van der Waals surface area contributed by atoms with E-state index in [0.29, 0.717) is 12.1 Å². The summed E-state index contributed by atoms with van der Waals surface area (Å²) in [6.45, 7) is 0. The first-order chi connectivity index (χ1) is 5.84. The van der Waals surface area contributed by atoms with E-state index in [1.165, 1.54) is 0 Å². The lowest BCUT2D eigenvalue weighted by Crippen LogP contribution is -2.43. The summed E-state index contributed by atoms with van der Waals surface area (Å²) in [7, 11) is 0. The van der Waals surface area contributed by atoms with Crippen LogP contribution in [0.2, 0.25) is 0 Å². The van der Waals surface area contributed by atoms with Gasteiger partial charge in [0.15, 0.2) is 0 Å². The van der Waals surface area contributed by atoms with Crippen molar-refractivity contribution >= 4 is 0 Å². The van der Waals surface area contributed by atoms with Gasteiger partial charge in [0.25, 0.3) is 0 Å². The van der Waals surface area contributed by atoms with Crippen LogP contribution in [0.5, 0.6) is 5.75 Å². The minimum Gasteiger partial charge on any atom is -0.490 e. The molecule has 0 amide bonds. The average Bonchev–Trinajstić information content (AvgIpc) is 2.04. The van der Waals surface area contributed by atoms with E-state index in [4.69, 9.17) is 10.5 Å². The molecule has 2 rings (SSSR count). The van der Waals surface area contributed by atoms with Gasteiger partial charge in [0.1, 0.15) is 11.9 Å². The number of pyridine rings is 1. The molecule has 1 aliphatic rings. The molecule has 1 aromatic heterocycles. The van der Waals surface area contributed by atoms with Crippen LogP contribution in [0.15, 0.2) is 24.5 Å². The minimum atomic E-state index is 0.322. The molecule has 64 valence electrons. The molecule has 0 aliphatic heterocycles. The molecule has 3 heteroatoms. The number of hydrogen-bond acceptors (Lipinski definition) is 3. The number of hydrogen-bond donors (Lipinski definition) is 1. The first kappa shape index (κ1) is 7.55. The molecule has 1 aliphatic carbocycles. The van der Waals surface area contributed by atoms with Gasteiger partial charge in [-0.1, -0.05) is 0 Å². The molecule has 1 heterocycles. The van der Waals surface area contributed by atoms with E-state index in [-0.39, 0.29) is 0 Å². The van der Waals surface area contributed by atoms with Crippen molar-refractivity contribution in [1.82, 2.24) is 4.98 Å². The lowest BCUT2D eigenvalue weighted by molar-refractivity contribution is 0.101. The quantitative estimate of drug-likeness (QED) is 0.708. The molecule has 0 atom stereocenters.